The monoisotopic (exact) mass is 215 g/mol. The van der Waals surface area contributed by atoms with Crippen LogP contribution < -0.4 is 0 Å². The van der Waals surface area contributed by atoms with E-state index in [1.165, 1.54) is 0 Å². The van der Waals surface area contributed by atoms with Crippen LogP contribution >= 0.6 is 0 Å². The molecule has 1 N–H and O–H groups in total. The van der Waals surface area contributed by atoms with E-state index >= 15 is 0 Å². The molecule has 4 nitrogen and oxygen atoms in total. The summed E-state index contributed by atoms with van der Waals surface area (Å²) in [6, 6.07) is 0. The van der Waals surface area contributed by atoms with Crippen molar-refractivity contribution in [2.75, 3.05) is 32.8 Å². The average molecular weight is 215 g/mol. The fourth-order valence-electron chi connectivity index (χ4n) is 1.21. The van der Waals surface area contributed by atoms with Crippen LogP contribution in [0.4, 0.5) is 0 Å². The number of likely N-dealkylation sites (N-methyl/N-ethyl adjacent to an activating group) is 1. The van der Waals surface area contributed by atoms with Crippen molar-refractivity contribution in [3.63, 3.8) is 0 Å². The van der Waals surface area contributed by atoms with Crippen molar-refractivity contribution >= 4 is 5.97 Å². The molecule has 0 spiro atoms. The zero-order valence-electron chi connectivity index (χ0n) is 9.66. The second kappa shape index (κ2) is 8.44. The quantitative estimate of drug-likeness (QED) is 0.481. The second-order valence-corrected chi connectivity index (χ2v) is 3.27. The highest BCUT2D eigenvalue weighted by Gasteiger charge is 2.11. The third-order valence-corrected chi connectivity index (χ3v) is 2.06. The molecule has 15 heavy (non-hydrogen) atoms. The molecule has 0 heterocycles. The molecule has 0 saturated heterocycles. The smallest absolute Gasteiger partial charge is 0.334 e. The number of hydrogen-bond acceptors (Lipinski definition) is 4. The Labute approximate surface area is 91.5 Å². The number of carbonyl (C=O) groups is 1. The molecular formula is C11H21NO3. The molecule has 0 aliphatic heterocycles. The van der Waals surface area contributed by atoms with Gasteiger partial charge >= 0.3 is 5.97 Å². The molecule has 0 aromatic carbocycles. The van der Waals surface area contributed by atoms with Crippen molar-refractivity contribution in [3.8, 4) is 0 Å². The van der Waals surface area contributed by atoms with E-state index in [1.807, 2.05) is 6.92 Å². The molecule has 0 aromatic heterocycles. The van der Waals surface area contributed by atoms with Crippen LogP contribution in [-0.4, -0.2) is 48.8 Å². The van der Waals surface area contributed by atoms with Crippen molar-refractivity contribution in [1.82, 2.24) is 4.90 Å². The van der Waals surface area contributed by atoms with Gasteiger partial charge in [-0.1, -0.05) is 13.5 Å². The van der Waals surface area contributed by atoms with Gasteiger partial charge in [-0.2, -0.15) is 0 Å². The lowest BCUT2D eigenvalue weighted by Gasteiger charge is -2.20. The summed E-state index contributed by atoms with van der Waals surface area (Å²) in [4.78, 5) is 13.3. The van der Waals surface area contributed by atoms with Crippen molar-refractivity contribution in [2.45, 2.75) is 20.3 Å². The molecule has 0 bridgehead atoms. The first-order valence-electron chi connectivity index (χ1n) is 5.33. The Hall–Kier alpha value is -0.870. The van der Waals surface area contributed by atoms with Gasteiger partial charge in [0.05, 0.1) is 6.61 Å². The van der Waals surface area contributed by atoms with Gasteiger partial charge in [0.1, 0.15) is 0 Å². The van der Waals surface area contributed by atoms with Crippen LogP contribution in [0, 0.1) is 0 Å². The van der Waals surface area contributed by atoms with E-state index in [9.17, 15) is 4.79 Å². The van der Waals surface area contributed by atoms with Crippen LogP contribution in [0.25, 0.3) is 0 Å². The van der Waals surface area contributed by atoms with Gasteiger partial charge in [0.15, 0.2) is 0 Å². The highest BCUT2D eigenvalue weighted by molar-refractivity contribution is 5.88. The number of aliphatic hydroxyl groups excluding tert-OH is 1. The van der Waals surface area contributed by atoms with Gasteiger partial charge in [-0.3, -0.25) is 4.90 Å². The van der Waals surface area contributed by atoms with E-state index < -0.39 is 0 Å². The molecule has 0 unspecified atom stereocenters. The molecule has 0 aliphatic rings. The molecule has 0 saturated carbocycles. The first-order valence-corrected chi connectivity index (χ1v) is 5.33. The summed E-state index contributed by atoms with van der Waals surface area (Å²) in [5, 5.41) is 8.70. The van der Waals surface area contributed by atoms with Gasteiger partial charge in [-0.05, 0) is 19.9 Å². The van der Waals surface area contributed by atoms with Gasteiger partial charge in [0.2, 0.25) is 0 Å². The largest absolute Gasteiger partial charge is 0.463 e. The predicted octanol–water partition coefficient (Wildman–Crippen LogP) is 0.810. The van der Waals surface area contributed by atoms with Gasteiger partial charge in [0, 0.05) is 25.3 Å². The number of hydrogen-bond donors (Lipinski definition) is 1. The summed E-state index contributed by atoms with van der Waals surface area (Å²) in [5.41, 5.74) is 0.469. The lowest BCUT2D eigenvalue weighted by atomic mass is 10.2. The molecule has 0 aliphatic carbocycles. The van der Waals surface area contributed by atoms with E-state index in [1.54, 1.807) is 6.92 Å². The summed E-state index contributed by atoms with van der Waals surface area (Å²) in [7, 11) is 0. The van der Waals surface area contributed by atoms with Crippen LogP contribution in [-0.2, 0) is 9.53 Å². The number of nitrogens with zero attached hydrogens (tertiary/aromatic N) is 1. The Morgan fingerprint density at radius 2 is 2.13 bits per heavy atom. The highest BCUT2D eigenvalue weighted by Crippen LogP contribution is 2.00. The molecule has 4 heteroatoms. The Bertz CT molecular complexity index is 204. The minimum absolute atomic E-state index is 0.169. The summed E-state index contributed by atoms with van der Waals surface area (Å²) in [6.07, 6.45) is 0.712. The lowest BCUT2D eigenvalue weighted by molar-refractivity contribution is -0.138. The van der Waals surface area contributed by atoms with Crippen LogP contribution in [0.5, 0.6) is 0 Å². The summed E-state index contributed by atoms with van der Waals surface area (Å²) in [6.45, 7) is 10.1. The zero-order chi connectivity index (χ0) is 11.7. The molecule has 0 rings (SSSR count). The maximum Gasteiger partial charge on any atom is 0.334 e. The first kappa shape index (κ1) is 14.1. The number of rotatable bonds is 8. The SMILES string of the molecule is C=C(CN(CC)CCCO)C(=O)OCC. The second-order valence-electron chi connectivity index (χ2n) is 3.27. The standard InChI is InChI=1S/C11H21NO3/c1-4-12(7-6-8-13)9-10(3)11(14)15-5-2/h13H,3-9H2,1-2H3. The maximum atomic E-state index is 11.3. The van der Waals surface area contributed by atoms with E-state index in [2.05, 4.69) is 11.5 Å². The summed E-state index contributed by atoms with van der Waals surface area (Å²) in [5.74, 6) is -0.333. The van der Waals surface area contributed by atoms with Gasteiger partial charge < -0.3 is 9.84 Å². The van der Waals surface area contributed by atoms with Crippen molar-refractivity contribution in [1.29, 1.82) is 0 Å². The Balaban J connectivity index is 3.94. The first-order chi connectivity index (χ1) is 7.15. The summed E-state index contributed by atoms with van der Waals surface area (Å²) < 4.78 is 4.84. The van der Waals surface area contributed by atoms with E-state index in [4.69, 9.17) is 9.84 Å². The van der Waals surface area contributed by atoms with Crippen molar-refractivity contribution < 1.29 is 14.6 Å². The van der Waals surface area contributed by atoms with Crippen molar-refractivity contribution in [2.24, 2.45) is 0 Å². The van der Waals surface area contributed by atoms with Crippen LogP contribution in [0.1, 0.15) is 20.3 Å². The summed E-state index contributed by atoms with van der Waals surface area (Å²) >= 11 is 0. The number of ether oxygens (including phenoxy) is 1. The topological polar surface area (TPSA) is 49.8 Å². The lowest BCUT2D eigenvalue weighted by Crippen LogP contribution is -2.29. The molecule has 0 amide bonds. The van der Waals surface area contributed by atoms with Crippen LogP contribution in [0.3, 0.4) is 0 Å². The fourth-order valence-corrected chi connectivity index (χ4v) is 1.21. The Morgan fingerprint density at radius 1 is 1.47 bits per heavy atom. The molecule has 0 fully saturated rings. The molecule has 0 aromatic rings. The third-order valence-electron chi connectivity index (χ3n) is 2.06. The number of esters is 1. The van der Waals surface area contributed by atoms with Crippen LogP contribution in [0.2, 0.25) is 0 Å². The Morgan fingerprint density at radius 3 is 2.60 bits per heavy atom. The van der Waals surface area contributed by atoms with E-state index in [0.29, 0.717) is 25.1 Å². The minimum Gasteiger partial charge on any atom is -0.463 e. The molecule has 0 radical (unpaired) electrons. The van der Waals surface area contributed by atoms with Gasteiger partial charge in [-0.15, -0.1) is 0 Å². The maximum absolute atomic E-state index is 11.3. The van der Waals surface area contributed by atoms with Crippen LogP contribution in [0.15, 0.2) is 12.2 Å². The van der Waals surface area contributed by atoms with Gasteiger partial charge in [0.25, 0.3) is 0 Å². The molecular weight excluding hydrogens is 194 g/mol. The van der Waals surface area contributed by atoms with E-state index in [0.717, 1.165) is 13.1 Å². The predicted molar refractivity (Wildman–Crippen MR) is 59.6 cm³/mol. The molecule has 88 valence electrons. The average Bonchev–Trinajstić information content (AvgIpc) is 2.24. The van der Waals surface area contributed by atoms with E-state index in [-0.39, 0.29) is 12.6 Å². The number of aliphatic hydroxyl groups is 1. The number of carbonyl (C=O) groups excluding carboxylic acids is 1. The van der Waals surface area contributed by atoms with Crippen molar-refractivity contribution in [3.05, 3.63) is 12.2 Å². The minimum atomic E-state index is -0.333. The normalized spacial score (nSPS) is 10.4. The zero-order valence-corrected chi connectivity index (χ0v) is 9.66. The Kier molecular flexibility index (Phi) is 7.95. The highest BCUT2D eigenvalue weighted by atomic mass is 16.5. The third kappa shape index (κ3) is 6.25. The van der Waals surface area contributed by atoms with Gasteiger partial charge in [-0.25, -0.2) is 4.79 Å². The fraction of sp³-hybridized carbons (Fsp3) is 0.727. The molecule has 0 atom stereocenters.